The number of rotatable bonds is 5. The maximum absolute atomic E-state index is 11.6. The van der Waals surface area contributed by atoms with Gasteiger partial charge in [-0.1, -0.05) is 24.8 Å². The smallest absolute Gasteiger partial charge is 0.343 e. The molecular weight excluding hydrogens is 282 g/mol. The summed E-state index contributed by atoms with van der Waals surface area (Å²) in [5.41, 5.74) is 1.63. The van der Waals surface area contributed by atoms with Crippen LogP contribution < -0.4 is 4.74 Å². The average Bonchev–Trinajstić information content (AvgIpc) is 2.79. The zero-order valence-electron chi connectivity index (χ0n) is 12.5. The molecule has 0 aromatic heterocycles. The van der Waals surface area contributed by atoms with Crippen molar-refractivity contribution in [2.24, 2.45) is 4.99 Å². The van der Waals surface area contributed by atoms with Crippen molar-refractivity contribution in [3.8, 4) is 5.75 Å². The van der Waals surface area contributed by atoms with Crippen LogP contribution in [0.15, 0.2) is 58.9 Å². The maximum atomic E-state index is 11.6. The maximum Gasteiger partial charge on any atom is 0.343 e. The molecule has 1 aliphatic rings. The lowest BCUT2D eigenvalue weighted by Crippen LogP contribution is -2.11. The fourth-order valence-electron chi connectivity index (χ4n) is 2.04. The Kier molecular flexibility index (Phi) is 4.78. The number of aliphatic hydroxyl groups excluding tert-OH is 1. The van der Waals surface area contributed by atoms with Crippen molar-refractivity contribution < 1.29 is 19.4 Å². The molecule has 0 radical (unpaired) electrons. The van der Waals surface area contributed by atoms with Crippen molar-refractivity contribution in [3.05, 3.63) is 59.5 Å². The first-order valence-corrected chi connectivity index (χ1v) is 6.70. The molecule has 1 aromatic rings. The summed E-state index contributed by atoms with van der Waals surface area (Å²) in [6.07, 6.45) is 3.34. The molecule has 0 saturated heterocycles. The van der Waals surface area contributed by atoms with Gasteiger partial charge in [0.15, 0.2) is 5.76 Å². The van der Waals surface area contributed by atoms with Gasteiger partial charge in [-0.15, -0.1) is 0 Å². The minimum absolute atomic E-state index is 0.0906. The van der Waals surface area contributed by atoms with E-state index >= 15 is 0 Å². The summed E-state index contributed by atoms with van der Waals surface area (Å²) in [5, 5.41) is 10.1. The minimum atomic E-state index is -0.606. The summed E-state index contributed by atoms with van der Waals surface area (Å²) in [5.74, 6) is -0.100. The first-order valence-electron chi connectivity index (χ1n) is 6.70. The zero-order chi connectivity index (χ0) is 16.1. The van der Waals surface area contributed by atoms with E-state index in [-0.39, 0.29) is 11.3 Å². The number of carbonyl (C=O) groups is 1. The third kappa shape index (κ3) is 3.25. The van der Waals surface area contributed by atoms with Crippen molar-refractivity contribution >= 4 is 17.8 Å². The predicted octanol–water partition coefficient (Wildman–Crippen LogP) is 3.05. The predicted molar refractivity (Wildman–Crippen MR) is 84.9 cm³/mol. The van der Waals surface area contributed by atoms with Gasteiger partial charge in [-0.2, -0.15) is 0 Å². The fraction of sp³-hybridized carbons (Fsp3) is 0.176. The SMILES string of the molecule is C=CCOc1cccc(C=C2N=C(C)C(C(=O)OC)=C2O)c1. The van der Waals surface area contributed by atoms with E-state index < -0.39 is 5.97 Å². The van der Waals surface area contributed by atoms with Crippen LogP contribution in [0.1, 0.15) is 12.5 Å². The Morgan fingerprint density at radius 3 is 2.91 bits per heavy atom. The molecule has 5 nitrogen and oxygen atoms in total. The summed E-state index contributed by atoms with van der Waals surface area (Å²) in [6, 6.07) is 7.31. The number of aliphatic hydroxyl groups is 1. The molecule has 0 amide bonds. The van der Waals surface area contributed by atoms with Crippen LogP contribution in [-0.4, -0.2) is 30.5 Å². The molecule has 0 atom stereocenters. The van der Waals surface area contributed by atoms with Crippen molar-refractivity contribution in [3.63, 3.8) is 0 Å². The number of carbonyl (C=O) groups excluding carboxylic acids is 1. The van der Waals surface area contributed by atoms with E-state index in [0.29, 0.717) is 23.8 Å². The van der Waals surface area contributed by atoms with Crippen molar-refractivity contribution in [2.45, 2.75) is 6.92 Å². The van der Waals surface area contributed by atoms with Crippen LogP contribution in [0.5, 0.6) is 5.75 Å². The van der Waals surface area contributed by atoms with E-state index in [0.717, 1.165) is 5.56 Å². The van der Waals surface area contributed by atoms with Crippen LogP contribution >= 0.6 is 0 Å². The molecule has 0 saturated carbocycles. The van der Waals surface area contributed by atoms with Crippen LogP contribution in [0.3, 0.4) is 0 Å². The Balaban J connectivity index is 2.32. The number of hydrogen-bond acceptors (Lipinski definition) is 5. The Bertz CT molecular complexity index is 698. The van der Waals surface area contributed by atoms with E-state index in [2.05, 4.69) is 16.3 Å². The van der Waals surface area contributed by atoms with E-state index in [1.165, 1.54) is 7.11 Å². The standard InChI is InChI=1S/C17H17NO4/c1-4-8-22-13-7-5-6-12(9-13)10-14-16(19)15(11(2)18-14)17(20)21-3/h4-7,9-10,19H,1,8H2,2-3H3. The molecule has 1 heterocycles. The van der Waals surface area contributed by atoms with Crippen LogP contribution in [-0.2, 0) is 9.53 Å². The van der Waals surface area contributed by atoms with Crippen LogP contribution in [0.4, 0.5) is 0 Å². The molecule has 1 N–H and O–H groups in total. The molecule has 0 aliphatic carbocycles. The Labute approximate surface area is 128 Å². The molecule has 0 bridgehead atoms. The Hall–Kier alpha value is -2.82. The Morgan fingerprint density at radius 2 is 2.23 bits per heavy atom. The molecule has 2 rings (SSSR count). The topological polar surface area (TPSA) is 68.1 Å². The summed E-state index contributed by atoms with van der Waals surface area (Å²) in [7, 11) is 1.26. The van der Waals surface area contributed by atoms with Gasteiger partial charge >= 0.3 is 5.97 Å². The number of nitrogens with zero attached hydrogens (tertiary/aromatic N) is 1. The second kappa shape index (κ2) is 6.76. The first kappa shape index (κ1) is 15.6. The molecular formula is C17H17NO4. The lowest BCUT2D eigenvalue weighted by atomic mass is 10.1. The molecule has 0 unspecified atom stereocenters. The van der Waals surface area contributed by atoms with Crippen LogP contribution in [0.25, 0.3) is 6.08 Å². The lowest BCUT2D eigenvalue weighted by molar-refractivity contribution is -0.135. The van der Waals surface area contributed by atoms with E-state index in [4.69, 9.17) is 4.74 Å². The van der Waals surface area contributed by atoms with Gasteiger partial charge in [-0.25, -0.2) is 9.79 Å². The number of benzene rings is 1. The quantitative estimate of drug-likeness (QED) is 0.670. The van der Waals surface area contributed by atoms with Crippen molar-refractivity contribution in [1.29, 1.82) is 0 Å². The zero-order valence-corrected chi connectivity index (χ0v) is 12.5. The highest BCUT2D eigenvalue weighted by Crippen LogP contribution is 2.27. The van der Waals surface area contributed by atoms with Gasteiger partial charge in [0.05, 0.1) is 12.8 Å². The fourth-order valence-corrected chi connectivity index (χ4v) is 2.04. The number of esters is 1. The number of ether oxygens (including phenoxy) is 2. The van der Waals surface area contributed by atoms with Crippen LogP contribution in [0.2, 0.25) is 0 Å². The molecule has 5 heteroatoms. The van der Waals surface area contributed by atoms with Crippen LogP contribution in [0, 0.1) is 0 Å². The van der Waals surface area contributed by atoms with Gasteiger partial charge in [0.2, 0.25) is 0 Å². The number of hydrogen-bond donors (Lipinski definition) is 1. The third-order valence-corrected chi connectivity index (χ3v) is 3.05. The summed E-state index contributed by atoms with van der Waals surface area (Å²) in [6.45, 7) is 5.65. The van der Waals surface area contributed by atoms with Gasteiger partial charge in [0.1, 0.15) is 23.6 Å². The van der Waals surface area contributed by atoms with Gasteiger partial charge in [0.25, 0.3) is 0 Å². The second-order valence-corrected chi connectivity index (χ2v) is 4.61. The highest BCUT2D eigenvalue weighted by molar-refractivity contribution is 6.21. The van der Waals surface area contributed by atoms with E-state index in [9.17, 15) is 9.90 Å². The summed E-state index contributed by atoms with van der Waals surface area (Å²) < 4.78 is 10.1. The first-order chi connectivity index (χ1) is 10.6. The number of aliphatic imine (C=N–C) groups is 1. The normalized spacial score (nSPS) is 15.7. The molecule has 114 valence electrons. The van der Waals surface area contributed by atoms with E-state index in [1.54, 1.807) is 19.1 Å². The highest BCUT2D eigenvalue weighted by atomic mass is 16.5. The van der Waals surface area contributed by atoms with Gasteiger partial charge in [0, 0.05) is 0 Å². The lowest BCUT2D eigenvalue weighted by Gasteiger charge is -2.04. The molecule has 0 fully saturated rings. The molecule has 1 aromatic carbocycles. The summed E-state index contributed by atoms with van der Waals surface area (Å²) >= 11 is 0. The van der Waals surface area contributed by atoms with Gasteiger partial charge < -0.3 is 14.6 Å². The monoisotopic (exact) mass is 299 g/mol. The van der Waals surface area contributed by atoms with E-state index in [1.807, 2.05) is 24.3 Å². The van der Waals surface area contributed by atoms with Crippen molar-refractivity contribution in [2.75, 3.05) is 13.7 Å². The largest absolute Gasteiger partial charge is 0.505 e. The second-order valence-electron chi connectivity index (χ2n) is 4.61. The molecule has 0 spiro atoms. The molecule has 22 heavy (non-hydrogen) atoms. The Morgan fingerprint density at radius 1 is 1.45 bits per heavy atom. The third-order valence-electron chi connectivity index (χ3n) is 3.05. The number of methoxy groups -OCH3 is 1. The minimum Gasteiger partial charge on any atom is -0.505 e. The highest BCUT2D eigenvalue weighted by Gasteiger charge is 2.27. The molecule has 1 aliphatic heterocycles. The van der Waals surface area contributed by atoms with Gasteiger partial charge in [-0.3, -0.25) is 0 Å². The average molecular weight is 299 g/mol. The van der Waals surface area contributed by atoms with Crippen molar-refractivity contribution in [1.82, 2.24) is 0 Å². The van der Waals surface area contributed by atoms with Gasteiger partial charge in [-0.05, 0) is 30.7 Å². The summed E-state index contributed by atoms with van der Waals surface area (Å²) in [4.78, 5) is 15.8.